The van der Waals surface area contributed by atoms with E-state index >= 15 is 0 Å². The first-order chi connectivity index (χ1) is 9.81. The van der Waals surface area contributed by atoms with Crippen LogP contribution in [0.2, 0.25) is 0 Å². The van der Waals surface area contributed by atoms with Gasteiger partial charge in [0.25, 0.3) is 0 Å². The molecule has 21 heavy (non-hydrogen) atoms. The van der Waals surface area contributed by atoms with Crippen LogP contribution in [0, 0.1) is 0 Å². The van der Waals surface area contributed by atoms with Crippen LogP contribution in [0.5, 0.6) is 5.75 Å². The highest BCUT2D eigenvalue weighted by molar-refractivity contribution is 7.99. The summed E-state index contributed by atoms with van der Waals surface area (Å²) in [7, 11) is 1.60. The fourth-order valence-electron chi connectivity index (χ4n) is 2.08. The van der Waals surface area contributed by atoms with Crippen molar-refractivity contribution in [3.8, 4) is 5.75 Å². The predicted molar refractivity (Wildman–Crippen MR) is 82.3 cm³/mol. The lowest BCUT2D eigenvalue weighted by Gasteiger charge is -2.30. The van der Waals surface area contributed by atoms with Crippen LogP contribution >= 0.6 is 11.8 Å². The molecule has 116 valence electrons. The fourth-order valence-corrected chi connectivity index (χ4v) is 3.32. The van der Waals surface area contributed by atoms with Gasteiger partial charge >= 0.3 is 6.09 Å². The van der Waals surface area contributed by atoms with Gasteiger partial charge in [0.1, 0.15) is 23.0 Å². The average Bonchev–Trinajstić information content (AvgIpc) is 2.79. The summed E-state index contributed by atoms with van der Waals surface area (Å²) in [6, 6.07) is 7.49. The first-order valence-corrected chi connectivity index (χ1v) is 7.81. The van der Waals surface area contributed by atoms with E-state index in [-0.39, 0.29) is 5.37 Å². The van der Waals surface area contributed by atoms with Gasteiger partial charge in [0.2, 0.25) is 0 Å². The van der Waals surface area contributed by atoms with Gasteiger partial charge in [0.15, 0.2) is 0 Å². The third kappa shape index (κ3) is 3.83. The number of methoxy groups -OCH3 is 1. The van der Waals surface area contributed by atoms with E-state index in [0.29, 0.717) is 5.75 Å². The van der Waals surface area contributed by atoms with E-state index in [0.717, 1.165) is 11.3 Å². The van der Waals surface area contributed by atoms with Crippen molar-refractivity contribution < 1.29 is 19.4 Å². The molecule has 5 nitrogen and oxygen atoms in total. The first-order valence-electron chi connectivity index (χ1n) is 6.77. The van der Waals surface area contributed by atoms with Gasteiger partial charge in [-0.1, -0.05) is 12.1 Å². The van der Waals surface area contributed by atoms with Crippen LogP contribution < -0.4 is 4.74 Å². The lowest BCUT2D eigenvalue weighted by Crippen LogP contribution is -2.41. The van der Waals surface area contributed by atoms with Crippen LogP contribution in [0.25, 0.3) is 0 Å². The van der Waals surface area contributed by atoms with E-state index in [2.05, 4.69) is 0 Å². The Morgan fingerprint density at radius 3 is 2.76 bits per heavy atom. The molecule has 0 unspecified atom stereocenters. The second-order valence-corrected chi connectivity index (χ2v) is 6.94. The Hall–Kier alpha value is -1.40. The summed E-state index contributed by atoms with van der Waals surface area (Å²) in [5.74, 6) is 1.18. The van der Waals surface area contributed by atoms with Crippen LogP contribution in [-0.2, 0) is 4.74 Å². The Morgan fingerprint density at radius 2 is 2.14 bits per heavy atom. The van der Waals surface area contributed by atoms with Crippen LogP contribution in [0.1, 0.15) is 31.7 Å². The van der Waals surface area contributed by atoms with E-state index in [1.807, 2.05) is 24.3 Å². The molecule has 2 atom stereocenters. The Morgan fingerprint density at radius 1 is 1.43 bits per heavy atom. The molecule has 6 heteroatoms. The van der Waals surface area contributed by atoms with Gasteiger partial charge in [0.05, 0.1) is 7.11 Å². The summed E-state index contributed by atoms with van der Waals surface area (Å²) in [6.07, 6.45) is -1.35. The summed E-state index contributed by atoms with van der Waals surface area (Å²) in [5, 5.41) is 9.81. The Kier molecular flexibility index (Phi) is 4.68. The van der Waals surface area contributed by atoms with Crippen molar-refractivity contribution in [3.63, 3.8) is 0 Å². The molecule has 0 spiro atoms. The Bertz CT molecular complexity index is 515. The van der Waals surface area contributed by atoms with Crippen molar-refractivity contribution in [2.75, 3.05) is 12.9 Å². The topological polar surface area (TPSA) is 59.0 Å². The number of nitrogens with zero attached hydrogens (tertiary/aromatic N) is 1. The van der Waals surface area contributed by atoms with E-state index < -0.39 is 17.9 Å². The number of benzene rings is 1. The van der Waals surface area contributed by atoms with E-state index in [4.69, 9.17) is 9.47 Å². The minimum Gasteiger partial charge on any atom is -0.497 e. The SMILES string of the molecule is COc1cccc([C@H]2SC[C@@H](O)N2C(=O)OC(C)(C)C)c1. The highest BCUT2D eigenvalue weighted by Crippen LogP contribution is 2.42. The highest BCUT2D eigenvalue weighted by Gasteiger charge is 2.39. The number of hydrogen-bond donors (Lipinski definition) is 1. The molecule has 0 saturated carbocycles. The molecular formula is C15H21NO4S. The lowest BCUT2D eigenvalue weighted by molar-refractivity contribution is -0.0204. The summed E-state index contributed by atoms with van der Waals surface area (Å²) >= 11 is 1.50. The summed E-state index contributed by atoms with van der Waals surface area (Å²) in [5.41, 5.74) is 0.310. The molecule has 1 saturated heterocycles. The normalized spacial score (nSPS) is 22.2. The van der Waals surface area contributed by atoms with Crippen LogP contribution in [0.3, 0.4) is 0 Å². The maximum atomic E-state index is 12.3. The number of ether oxygens (including phenoxy) is 2. The zero-order valence-electron chi connectivity index (χ0n) is 12.7. The van der Waals surface area contributed by atoms with Crippen LogP contribution in [0.15, 0.2) is 24.3 Å². The van der Waals surface area contributed by atoms with Crippen molar-refractivity contribution in [2.45, 2.75) is 38.0 Å². The molecule has 1 aromatic carbocycles. The maximum absolute atomic E-state index is 12.3. The molecule has 0 bridgehead atoms. The van der Waals surface area contributed by atoms with Crippen LogP contribution in [0.4, 0.5) is 4.79 Å². The van der Waals surface area contributed by atoms with Gasteiger partial charge in [-0.3, -0.25) is 4.90 Å². The van der Waals surface area contributed by atoms with Gasteiger partial charge in [-0.05, 0) is 38.5 Å². The van der Waals surface area contributed by atoms with E-state index in [1.165, 1.54) is 16.7 Å². The second-order valence-electron chi connectivity index (χ2n) is 5.83. The smallest absolute Gasteiger partial charge is 0.413 e. The average molecular weight is 311 g/mol. The number of aliphatic hydroxyl groups excluding tert-OH is 1. The monoisotopic (exact) mass is 311 g/mol. The van der Waals surface area contributed by atoms with Crippen molar-refractivity contribution in [1.82, 2.24) is 4.90 Å². The largest absolute Gasteiger partial charge is 0.497 e. The Balaban J connectivity index is 2.23. The van der Waals surface area contributed by atoms with Crippen LogP contribution in [-0.4, -0.2) is 40.8 Å². The molecule has 0 aliphatic carbocycles. The van der Waals surface area contributed by atoms with Crippen molar-refractivity contribution in [3.05, 3.63) is 29.8 Å². The third-order valence-corrected chi connectivity index (χ3v) is 4.27. The number of rotatable bonds is 2. The number of amides is 1. The molecule has 0 radical (unpaired) electrons. The molecule has 1 heterocycles. The summed E-state index contributed by atoms with van der Waals surface area (Å²) < 4.78 is 10.6. The van der Waals surface area contributed by atoms with Gasteiger partial charge in [-0.25, -0.2) is 4.79 Å². The van der Waals surface area contributed by atoms with Crippen molar-refractivity contribution >= 4 is 17.9 Å². The zero-order chi connectivity index (χ0) is 15.6. The third-order valence-electron chi connectivity index (χ3n) is 2.96. The molecule has 1 fully saturated rings. The molecule has 0 aromatic heterocycles. The first kappa shape index (κ1) is 16.0. The predicted octanol–water partition coefficient (Wildman–Crippen LogP) is 3.00. The second kappa shape index (κ2) is 6.15. The van der Waals surface area contributed by atoms with Gasteiger partial charge in [0, 0.05) is 5.75 Å². The molecule has 1 amide bonds. The molecule has 2 rings (SSSR count). The quantitative estimate of drug-likeness (QED) is 0.910. The number of carbonyl (C=O) groups is 1. The molecule has 1 aliphatic rings. The van der Waals surface area contributed by atoms with Crippen molar-refractivity contribution in [1.29, 1.82) is 0 Å². The molecule has 1 aliphatic heterocycles. The highest BCUT2D eigenvalue weighted by atomic mass is 32.2. The molecule has 1 N–H and O–H groups in total. The number of hydrogen-bond acceptors (Lipinski definition) is 5. The minimum absolute atomic E-state index is 0.273. The van der Waals surface area contributed by atoms with Gasteiger partial charge in [-0.2, -0.15) is 0 Å². The standard InChI is InChI=1S/C15H21NO4S/c1-15(2,3)20-14(18)16-12(17)9-21-13(16)10-6-5-7-11(8-10)19-4/h5-8,12-13,17H,9H2,1-4H3/t12-,13-/m1/s1. The maximum Gasteiger partial charge on any atom is 0.413 e. The van der Waals surface area contributed by atoms with Gasteiger partial charge < -0.3 is 14.6 Å². The Labute approximate surface area is 129 Å². The van der Waals surface area contributed by atoms with Gasteiger partial charge in [-0.15, -0.1) is 11.8 Å². The molecule has 1 aromatic rings. The minimum atomic E-state index is -0.846. The summed E-state index contributed by atoms with van der Waals surface area (Å²) in [4.78, 5) is 13.7. The van der Waals surface area contributed by atoms with Crippen molar-refractivity contribution in [2.24, 2.45) is 0 Å². The lowest BCUT2D eigenvalue weighted by atomic mass is 10.2. The summed E-state index contributed by atoms with van der Waals surface area (Å²) in [6.45, 7) is 5.42. The number of thioether (sulfide) groups is 1. The number of aliphatic hydroxyl groups is 1. The fraction of sp³-hybridized carbons (Fsp3) is 0.533. The number of carbonyl (C=O) groups excluding carboxylic acids is 1. The molecular weight excluding hydrogens is 290 g/mol. The van der Waals surface area contributed by atoms with E-state index in [9.17, 15) is 9.90 Å². The zero-order valence-corrected chi connectivity index (χ0v) is 13.5. The van der Waals surface area contributed by atoms with E-state index in [1.54, 1.807) is 27.9 Å².